The number of nitrogens with zero attached hydrogens (tertiary/aromatic N) is 1. The Labute approximate surface area is 212 Å². The van der Waals surface area contributed by atoms with E-state index in [9.17, 15) is 19.1 Å². The number of aliphatic hydroxyl groups excluding tert-OH is 1. The van der Waals surface area contributed by atoms with Crippen molar-refractivity contribution in [2.75, 3.05) is 6.54 Å². The Hall–Kier alpha value is -3.31. The fourth-order valence-electron chi connectivity index (χ4n) is 5.33. The molecule has 0 spiro atoms. The third-order valence-corrected chi connectivity index (χ3v) is 7.00. The zero-order valence-corrected chi connectivity index (χ0v) is 20.8. The maximum atomic E-state index is 14.5. The molecule has 3 atom stereocenters. The SMILES string of the molecule is CC(=O)C[C@@H](Cc1cc(F)cc(Cc2ccccc2)c1)C(O)C1CCCN(Cc2ccccc2)C1=O. The second-order valence-electron chi connectivity index (χ2n) is 9.99. The Morgan fingerprint density at radius 3 is 2.28 bits per heavy atom. The molecule has 4 rings (SSSR count). The number of carbonyl (C=O) groups is 2. The van der Waals surface area contributed by atoms with E-state index in [1.54, 1.807) is 4.90 Å². The lowest BCUT2D eigenvalue weighted by atomic mass is 9.79. The summed E-state index contributed by atoms with van der Waals surface area (Å²) in [5, 5.41) is 11.4. The number of piperidine rings is 1. The van der Waals surface area contributed by atoms with Crippen LogP contribution in [0.25, 0.3) is 0 Å². The molecule has 1 heterocycles. The number of likely N-dealkylation sites (tertiary alicyclic amines) is 1. The van der Waals surface area contributed by atoms with Gasteiger partial charge in [-0.2, -0.15) is 0 Å². The van der Waals surface area contributed by atoms with Crippen molar-refractivity contribution in [2.45, 2.75) is 51.7 Å². The van der Waals surface area contributed by atoms with E-state index in [0.29, 0.717) is 32.4 Å². The lowest BCUT2D eigenvalue weighted by Gasteiger charge is -2.37. The number of rotatable bonds is 10. The van der Waals surface area contributed by atoms with E-state index in [4.69, 9.17) is 0 Å². The molecule has 0 bridgehead atoms. The Morgan fingerprint density at radius 2 is 1.61 bits per heavy atom. The van der Waals surface area contributed by atoms with Gasteiger partial charge in [0.15, 0.2) is 0 Å². The second kappa shape index (κ2) is 12.1. The second-order valence-corrected chi connectivity index (χ2v) is 9.99. The molecule has 1 amide bonds. The van der Waals surface area contributed by atoms with Gasteiger partial charge in [-0.05, 0) is 72.9 Å². The number of halogens is 1. The molecule has 36 heavy (non-hydrogen) atoms. The quantitative estimate of drug-likeness (QED) is 0.419. The molecule has 1 N–H and O–H groups in total. The lowest BCUT2D eigenvalue weighted by Crippen LogP contribution is -2.47. The molecule has 1 fully saturated rings. The van der Waals surface area contributed by atoms with Crippen LogP contribution in [0.15, 0.2) is 78.9 Å². The van der Waals surface area contributed by atoms with Crippen molar-refractivity contribution in [1.82, 2.24) is 4.90 Å². The summed E-state index contributed by atoms with van der Waals surface area (Å²) in [5.74, 6) is -1.49. The summed E-state index contributed by atoms with van der Waals surface area (Å²) in [7, 11) is 0. The van der Waals surface area contributed by atoms with Crippen LogP contribution in [0.2, 0.25) is 0 Å². The van der Waals surface area contributed by atoms with Crippen molar-refractivity contribution in [3.05, 3.63) is 107 Å². The van der Waals surface area contributed by atoms with Gasteiger partial charge in [0.2, 0.25) is 5.91 Å². The van der Waals surface area contributed by atoms with Crippen molar-refractivity contribution in [3.8, 4) is 0 Å². The summed E-state index contributed by atoms with van der Waals surface area (Å²) in [6.45, 7) is 2.66. The first kappa shape index (κ1) is 25.8. The van der Waals surface area contributed by atoms with Crippen LogP contribution >= 0.6 is 0 Å². The minimum Gasteiger partial charge on any atom is -0.392 e. The summed E-state index contributed by atoms with van der Waals surface area (Å²) < 4.78 is 14.5. The van der Waals surface area contributed by atoms with Gasteiger partial charge in [0.05, 0.1) is 12.0 Å². The van der Waals surface area contributed by atoms with Crippen molar-refractivity contribution >= 4 is 11.7 Å². The van der Waals surface area contributed by atoms with Crippen molar-refractivity contribution in [1.29, 1.82) is 0 Å². The fraction of sp³-hybridized carbons (Fsp3) is 0.355. The van der Waals surface area contributed by atoms with Gasteiger partial charge in [-0.1, -0.05) is 66.7 Å². The molecule has 188 valence electrons. The van der Waals surface area contributed by atoms with Gasteiger partial charge >= 0.3 is 0 Å². The Morgan fingerprint density at radius 1 is 0.972 bits per heavy atom. The normalized spacial score (nSPS) is 17.6. The van der Waals surface area contributed by atoms with Gasteiger partial charge in [-0.15, -0.1) is 0 Å². The molecule has 5 heteroatoms. The molecule has 0 aliphatic carbocycles. The van der Waals surface area contributed by atoms with Crippen LogP contribution in [0.4, 0.5) is 4.39 Å². The molecule has 0 aromatic heterocycles. The van der Waals surface area contributed by atoms with Crippen LogP contribution < -0.4 is 0 Å². The Bertz CT molecular complexity index is 1160. The molecule has 1 aliphatic rings. The topological polar surface area (TPSA) is 57.6 Å². The maximum absolute atomic E-state index is 14.5. The zero-order chi connectivity index (χ0) is 25.5. The average molecular weight is 488 g/mol. The van der Waals surface area contributed by atoms with Gasteiger partial charge in [0, 0.05) is 19.5 Å². The Balaban J connectivity index is 1.50. The number of hydrogen-bond acceptors (Lipinski definition) is 3. The number of aliphatic hydroxyl groups is 1. The molecular formula is C31H34FNO3. The van der Waals surface area contributed by atoms with Crippen molar-refractivity contribution in [2.24, 2.45) is 11.8 Å². The van der Waals surface area contributed by atoms with Crippen molar-refractivity contribution in [3.63, 3.8) is 0 Å². The standard InChI is InChI=1S/C31H34FNO3/c1-22(34)15-27(18-26-17-25(19-28(32)20-26)16-23-9-4-2-5-10-23)30(35)29-13-8-14-33(31(29)36)21-24-11-6-3-7-12-24/h2-7,9-12,17,19-20,27,29-30,35H,8,13-16,18,21H2,1H3/t27-,29?,30?/m0/s1. The van der Waals surface area contributed by atoms with Gasteiger partial charge in [-0.3, -0.25) is 4.79 Å². The van der Waals surface area contributed by atoms with E-state index in [1.165, 1.54) is 19.1 Å². The van der Waals surface area contributed by atoms with Crippen molar-refractivity contribution < 1.29 is 19.1 Å². The largest absolute Gasteiger partial charge is 0.392 e. The molecular weight excluding hydrogens is 453 g/mol. The highest BCUT2D eigenvalue weighted by Crippen LogP contribution is 2.30. The first-order valence-electron chi connectivity index (χ1n) is 12.7. The van der Waals surface area contributed by atoms with Crippen LogP contribution in [-0.4, -0.2) is 34.3 Å². The summed E-state index contributed by atoms with van der Waals surface area (Å²) >= 11 is 0. The fourth-order valence-corrected chi connectivity index (χ4v) is 5.33. The number of benzene rings is 3. The van der Waals surface area contributed by atoms with Gasteiger partial charge < -0.3 is 14.8 Å². The number of ketones is 1. The lowest BCUT2D eigenvalue weighted by molar-refractivity contribution is -0.146. The third-order valence-electron chi connectivity index (χ3n) is 7.00. The minimum atomic E-state index is -0.971. The maximum Gasteiger partial charge on any atom is 0.228 e. The molecule has 1 aliphatic heterocycles. The minimum absolute atomic E-state index is 0.0515. The van der Waals surface area contributed by atoms with E-state index in [1.807, 2.05) is 66.7 Å². The highest BCUT2D eigenvalue weighted by atomic mass is 19.1. The zero-order valence-electron chi connectivity index (χ0n) is 20.8. The number of hydrogen-bond donors (Lipinski definition) is 1. The summed E-state index contributed by atoms with van der Waals surface area (Å²) in [4.78, 5) is 27.3. The van der Waals surface area contributed by atoms with Crippen LogP contribution in [0.3, 0.4) is 0 Å². The number of Topliss-reactive ketones (excluding diaryl/α,β-unsaturated/α-hetero) is 1. The van der Waals surface area contributed by atoms with E-state index in [0.717, 1.165) is 28.7 Å². The first-order chi connectivity index (χ1) is 17.4. The van der Waals surface area contributed by atoms with E-state index >= 15 is 0 Å². The molecule has 1 saturated heterocycles. The highest BCUT2D eigenvalue weighted by Gasteiger charge is 2.38. The predicted octanol–water partition coefficient (Wildman–Crippen LogP) is 5.35. The molecule has 2 unspecified atom stereocenters. The summed E-state index contributed by atoms with van der Waals surface area (Å²) in [5.41, 5.74) is 3.71. The predicted molar refractivity (Wildman–Crippen MR) is 139 cm³/mol. The molecule has 3 aromatic carbocycles. The summed E-state index contributed by atoms with van der Waals surface area (Å²) in [6, 6.07) is 24.6. The van der Waals surface area contributed by atoms with E-state index in [-0.39, 0.29) is 23.9 Å². The Kier molecular flexibility index (Phi) is 8.65. The monoisotopic (exact) mass is 487 g/mol. The number of amides is 1. The molecule has 0 saturated carbocycles. The van der Waals surface area contributed by atoms with E-state index < -0.39 is 17.9 Å². The molecule has 3 aromatic rings. The highest BCUT2D eigenvalue weighted by molar-refractivity contribution is 5.80. The first-order valence-corrected chi connectivity index (χ1v) is 12.7. The molecule has 0 radical (unpaired) electrons. The van der Waals surface area contributed by atoms with Gasteiger partial charge in [0.25, 0.3) is 0 Å². The smallest absolute Gasteiger partial charge is 0.228 e. The average Bonchev–Trinajstić information content (AvgIpc) is 2.85. The summed E-state index contributed by atoms with van der Waals surface area (Å²) in [6.07, 6.45) is 1.50. The van der Waals surface area contributed by atoms with Crippen LogP contribution in [0, 0.1) is 17.7 Å². The van der Waals surface area contributed by atoms with Gasteiger partial charge in [-0.25, -0.2) is 4.39 Å². The van der Waals surface area contributed by atoms with Crippen LogP contribution in [0.5, 0.6) is 0 Å². The van der Waals surface area contributed by atoms with Crippen LogP contribution in [0.1, 0.15) is 48.4 Å². The third kappa shape index (κ3) is 6.88. The van der Waals surface area contributed by atoms with E-state index in [2.05, 4.69) is 0 Å². The van der Waals surface area contributed by atoms with Gasteiger partial charge in [0.1, 0.15) is 11.6 Å². The molecule has 4 nitrogen and oxygen atoms in total. The van der Waals surface area contributed by atoms with Crippen LogP contribution in [-0.2, 0) is 29.0 Å². The number of carbonyl (C=O) groups excluding carboxylic acids is 2.